The summed E-state index contributed by atoms with van der Waals surface area (Å²) in [6, 6.07) is -0.429. The molecule has 0 rings (SSSR count). The topological polar surface area (TPSA) is 77.8 Å². The van der Waals surface area contributed by atoms with Gasteiger partial charge in [-0.05, 0) is 12.5 Å². The SMILES string of the molecule is C=CC(=O)N(C)C(CCC)CP(=O)(O)O. The van der Waals surface area contributed by atoms with Crippen molar-refractivity contribution in [1.82, 2.24) is 4.90 Å². The number of carbonyl (C=O) groups excluding carboxylic acids is 1. The Balaban J connectivity index is 4.58. The smallest absolute Gasteiger partial charge is 0.327 e. The minimum absolute atomic E-state index is 0.295. The lowest BCUT2D eigenvalue weighted by atomic mass is 10.1. The molecule has 2 N–H and O–H groups in total. The summed E-state index contributed by atoms with van der Waals surface area (Å²) in [4.78, 5) is 30.3. The van der Waals surface area contributed by atoms with E-state index in [9.17, 15) is 9.36 Å². The quantitative estimate of drug-likeness (QED) is 0.531. The second-order valence-electron chi connectivity index (χ2n) is 3.44. The van der Waals surface area contributed by atoms with Gasteiger partial charge in [-0.2, -0.15) is 0 Å². The lowest BCUT2D eigenvalue weighted by Crippen LogP contribution is -2.38. The molecule has 0 aromatic rings. The summed E-state index contributed by atoms with van der Waals surface area (Å²) in [6.07, 6.45) is 2.18. The van der Waals surface area contributed by atoms with Crippen molar-refractivity contribution >= 4 is 13.5 Å². The molecule has 0 heterocycles. The van der Waals surface area contributed by atoms with Gasteiger partial charge in [0.15, 0.2) is 0 Å². The largest absolute Gasteiger partial charge is 0.339 e. The molecule has 15 heavy (non-hydrogen) atoms. The predicted octanol–water partition coefficient (Wildman–Crippen LogP) is 0.977. The Morgan fingerprint density at radius 1 is 1.60 bits per heavy atom. The average molecular weight is 235 g/mol. The predicted molar refractivity (Wildman–Crippen MR) is 58.6 cm³/mol. The molecule has 0 bridgehead atoms. The van der Waals surface area contributed by atoms with Gasteiger partial charge in [-0.15, -0.1) is 0 Å². The fourth-order valence-electron chi connectivity index (χ4n) is 1.34. The van der Waals surface area contributed by atoms with Gasteiger partial charge in [-0.1, -0.05) is 19.9 Å². The summed E-state index contributed by atoms with van der Waals surface area (Å²) < 4.78 is 10.9. The highest BCUT2D eigenvalue weighted by Crippen LogP contribution is 2.36. The third-order valence-corrected chi connectivity index (χ3v) is 3.04. The van der Waals surface area contributed by atoms with Crippen LogP contribution < -0.4 is 0 Å². The fraction of sp³-hybridized carbons (Fsp3) is 0.667. The maximum absolute atomic E-state index is 11.3. The zero-order valence-electron chi connectivity index (χ0n) is 9.09. The van der Waals surface area contributed by atoms with Crippen LogP contribution in [-0.4, -0.2) is 39.8 Å². The van der Waals surface area contributed by atoms with Crippen LogP contribution in [-0.2, 0) is 9.36 Å². The van der Waals surface area contributed by atoms with Crippen molar-refractivity contribution in [3.8, 4) is 0 Å². The molecule has 1 amide bonds. The van der Waals surface area contributed by atoms with Gasteiger partial charge in [0.1, 0.15) is 0 Å². The van der Waals surface area contributed by atoms with Gasteiger partial charge in [0, 0.05) is 13.1 Å². The molecule has 0 aromatic carbocycles. The summed E-state index contributed by atoms with van der Waals surface area (Å²) >= 11 is 0. The van der Waals surface area contributed by atoms with E-state index in [0.29, 0.717) is 6.42 Å². The summed E-state index contributed by atoms with van der Waals surface area (Å²) in [5.41, 5.74) is 0. The molecule has 0 saturated heterocycles. The van der Waals surface area contributed by atoms with Crippen LogP contribution in [0.2, 0.25) is 0 Å². The van der Waals surface area contributed by atoms with Crippen molar-refractivity contribution in [2.24, 2.45) is 0 Å². The van der Waals surface area contributed by atoms with Crippen molar-refractivity contribution in [2.75, 3.05) is 13.2 Å². The number of carbonyl (C=O) groups is 1. The summed E-state index contributed by atoms with van der Waals surface area (Å²) in [5.74, 6) is -0.318. The van der Waals surface area contributed by atoms with Gasteiger partial charge in [-0.25, -0.2) is 0 Å². The molecule has 5 nitrogen and oxygen atoms in total. The lowest BCUT2D eigenvalue weighted by molar-refractivity contribution is -0.126. The molecule has 6 heteroatoms. The van der Waals surface area contributed by atoms with Crippen molar-refractivity contribution in [3.05, 3.63) is 12.7 Å². The fourth-order valence-corrected chi connectivity index (χ4v) is 2.32. The van der Waals surface area contributed by atoms with Gasteiger partial charge in [-0.3, -0.25) is 9.36 Å². The van der Waals surface area contributed by atoms with Gasteiger partial charge in [0.05, 0.1) is 6.16 Å². The summed E-state index contributed by atoms with van der Waals surface area (Å²) in [5, 5.41) is 0. The Kier molecular flexibility index (Phi) is 5.80. The van der Waals surface area contributed by atoms with Gasteiger partial charge >= 0.3 is 7.60 Å². The number of nitrogens with zero attached hydrogens (tertiary/aromatic N) is 1. The minimum Gasteiger partial charge on any atom is -0.339 e. The van der Waals surface area contributed by atoms with E-state index in [0.717, 1.165) is 12.5 Å². The van der Waals surface area contributed by atoms with Crippen LogP contribution in [0.1, 0.15) is 19.8 Å². The summed E-state index contributed by atoms with van der Waals surface area (Å²) in [6.45, 7) is 5.24. The monoisotopic (exact) mass is 235 g/mol. The number of rotatable bonds is 6. The highest BCUT2D eigenvalue weighted by molar-refractivity contribution is 7.51. The van der Waals surface area contributed by atoms with E-state index in [-0.39, 0.29) is 12.1 Å². The third-order valence-electron chi connectivity index (χ3n) is 2.14. The number of hydrogen-bond acceptors (Lipinski definition) is 2. The Morgan fingerprint density at radius 3 is 2.47 bits per heavy atom. The highest BCUT2D eigenvalue weighted by atomic mass is 31.2. The molecule has 1 atom stereocenters. The van der Waals surface area contributed by atoms with Crippen molar-refractivity contribution < 1.29 is 19.1 Å². The Morgan fingerprint density at radius 2 is 2.13 bits per heavy atom. The first-order valence-electron chi connectivity index (χ1n) is 4.75. The average Bonchev–Trinajstić information content (AvgIpc) is 2.13. The first kappa shape index (κ1) is 14.4. The molecule has 0 aliphatic rings. The van der Waals surface area contributed by atoms with Crippen molar-refractivity contribution in [2.45, 2.75) is 25.8 Å². The first-order valence-corrected chi connectivity index (χ1v) is 6.55. The van der Waals surface area contributed by atoms with E-state index in [1.54, 1.807) is 0 Å². The van der Waals surface area contributed by atoms with Crippen LogP contribution in [0.3, 0.4) is 0 Å². The van der Waals surface area contributed by atoms with Crippen LogP contribution in [0.4, 0.5) is 0 Å². The normalized spacial score (nSPS) is 13.3. The van der Waals surface area contributed by atoms with Crippen molar-refractivity contribution in [1.29, 1.82) is 0 Å². The number of amides is 1. The van der Waals surface area contributed by atoms with Gasteiger partial charge < -0.3 is 14.7 Å². The standard InChI is InChI=1S/C9H18NO4P/c1-4-6-8(7-15(12,13)14)10(3)9(11)5-2/h5,8H,2,4,6-7H2,1,3H3,(H2,12,13,14). The molecule has 0 spiro atoms. The highest BCUT2D eigenvalue weighted by Gasteiger charge is 2.25. The van der Waals surface area contributed by atoms with Crippen molar-refractivity contribution in [3.63, 3.8) is 0 Å². The van der Waals surface area contributed by atoms with Gasteiger partial charge in [0.2, 0.25) is 5.91 Å². The molecule has 0 saturated carbocycles. The number of likely N-dealkylation sites (N-methyl/N-ethyl adjacent to an activating group) is 1. The van der Waals surface area contributed by atoms with E-state index < -0.39 is 13.6 Å². The second kappa shape index (κ2) is 6.05. The molecule has 0 aliphatic carbocycles. The van der Waals surface area contributed by atoms with E-state index in [1.807, 2.05) is 6.92 Å². The molecule has 0 aromatic heterocycles. The Bertz CT molecular complexity index is 273. The number of hydrogen-bond donors (Lipinski definition) is 2. The Labute approximate surface area is 89.9 Å². The zero-order chi connectivity index (χ0) is 12.1. The maximum atomic E-state index is 11.3. The van der Waals surface area contributed by atoms with Crippen LogP contribution >= 0.6 is 7.60 Å². The van der Waals surface area contributed by atoms with E-state index in [4.69, 9.17) is 9.79 Å². The third kappa shape index (κ3) is 5.72. The minimum atomic E-state index is -4.08. The first-order chi connectivity index (χ1) is 6.81. The van der Waals surface area contributed by atoms with Crippen LogP contribution in [0.25, 0.3) is 0 Å². The zero-order valence-corrected chi connectivity index (χ0v) is 9.98. The molecule has 88 valence electrons. The van der Waals surface area contributed by atoms with E-state index >= 15 is 0 Å². The molecule has 0 aliphatic heterocycles. The molecular weight excluding hydrogens is 217 g/mol. The van der Waals surface area contributed by atoms with Crippen LogP contribution in [0.15, 0.2) is 12.7 Å². The maximum Gasteiger partial charge on any atom is 0.327 e. The Hall–Kier alpha value is -0.640. The lowest BCUT2D eigenvalue weighted by Gasteiger charge is -2.27. The molecule has 0 fully saturated rings. The molecular formula is C9H18NO4P. The van der Waals surface area contributed by atoms with E-state index in [2.05, 4.69) is 6.58 Å². The van der Waals surface area contributed by atoms with Crippen LogP contribution in [0, 0.1) is 0 Å². The van der Waals surface area contributed by atoms with Crippen LogP contribution in [0.5, 0.6) is 0 Å². The van der Waals surface area contributed by atoms with E-state index in [1.165, 1.54) is 11.9 Å². The molecule has 0 radical (unpaired) electrons. The van der Waals surface area contributed by atoms with Gasteiger partial charge in [0.25, 0.3) is 0 Å². The summed E-state index contributed by atoms with van der Waals surface area (Å²) in [7, 11) is -2.56. The molecule has 1 unspecified atom stereocenters. The second-order valence-corrected chi connectivity index (χ2v) is 5.14.